The van der Waals surface area contributed by atoms with Crippen molar-refractivity contribution in [1.82, 2.24) is 4.90 Å². The second kappa shape index (κ2) is 8.37. The summed E-state index contributed by atoms with van der Waals surface area (Å²) in [4.78, 5) is 24.7. The van der Waals surface area contributed by atoms with E-state index in [1.807, 2.05) is 35.2 Å². The molecule has 1 saturated heterocycles. The SMILES string of the molecule is O=C(O)CCCCC(=O)N1CCCC1/C=C/c1ccccc1. The summed E-state index contributed by atoms with van der Waals surface area (Å²) in [7, 11) is 0. The Kier molecular flexibility index (Phi) is 6.19. The molecule has 0 bridgehead atoms. The van der Waals surface area contributed by atoms with Crippen molar-refractivity contribution in [3.63, 3.8) is 0 Å². The first-order chi connectivity index (χ1) is 10.7. The molecule has 2 rings (SSSR count). The van der Waals surface area contributed by atoms with Gasteiger partial charge >= 0.3 is 5.97 Å². The highest BCUT2D eigenvalue weighted by molar-refractivity contribution is 5.77. The minimum Gasteiger partial charge on any atom is -0.481 e. The lowest BCUT2D eigenvalue weighted by Gasteiger charge is -2.22. The number of unbranched alkanes of at least 4 members (excludes halogenated alkanes) is 1. The molecule has 4 nitrogen and oxygen atoms in total. The molecule has 0 aromatic heterocycles. The van der Waals surface area contributed by atoms with E-state index in [1.54, 1.807) is 0 Å². The molecule has 22 heavy (non-hydrogen) atoms. The van der Waals surface area contributed by atoms with Crippen molar-refractivity contribution in [2.75, 3.05) is 6.54 Å². The molecular formula is C18H23NO3. The number of carboxylic acid groups (broad SMARTS) is 1. The van der Waals surface area contributed by atoms with E-state index >= 15 is 0 Å². The smallest absolute Gasteiger partial charge is 0.303 e. The Bertz CT molecular complexity index is 524. The van der Waals surface area contributed by atoms with E-state index in [9.17, 15) is 9.59 Å². The molecule has 0 spiro atoms. The summed E-state index contributed by atoms with van der Waals surface area (Å²) in [6.07, 6.45) is 8.02. The van der Waals surface area contributed by atoms with Crippen LogP contribution in [-0.4, -0.2) is 34.5 Å². The monoisotopic (exact) mass is 301 g/mol. The minimum absolute atomic E-state index is 0.143. The molecule has 118 valence electrons. The lowest BCUT2D eigenvalue weighted by Crippen LogP contribution is -2.34. The van der Waals surface area contributed by atoms with Crippen LogP contribution in [0, 0.1) is 0 Å². The number of hydrogen-bond donors (Lipinski definition) is 1. The molecule has 1 aliphatic heterocycles. The fraction of sp³-hybridized carbons (Fsp3) is 0.444. The maximum absolute atomic E-state index is 12.3. The Labute approximate surface area is 131 Å². The Hall–Kier alpha value is -2.10. The lowest BCUT2D eigenvalue weighted by molar-refractivity contribution is -0.137. The number of likely N-dealkylation sites (tertiary alicyclic amines) is 1. The number of hydrogen-bond acceptors (Lipinski definition) is 2. The van der Waals surface area contributed by atoms with E-state index < -0.39 is 5.97 Å². The van der Waals surface area contributed by atoms with E-state index in [1.165, 1.54) is 0 Å². The van der Waals surface area contributed by atoms with Gasteiger partial charge in [0.05, 0.1) is 6.04 Å². The third-order valence-electron chi connectivity index (χ3n) is 3.96. The molecule has 1 heterocycles. The highest BCUT2D eigenvalue weighted by Gasteiger charge is 2.26. The first kappa shape index (κ1) is 16.3. The van der Waals surface area contributed by atoms with Crippen molar-refractivity contribution in [2.45, 2.75) is 44.6 Å². The number of carbonyl (C=O) groups is 2. The van der Waals surface area contributed by atoms with E-state index in [2.05, 4.69) is 12.2 Å². The number of nitrogens with zero attached hydrogens (tertiary/aromatic N) is 1. The second-order valence-electron chi connectivity index (χ2n) is 5.67. The van der Waals surface area contributed by atoms with Crippen LogP contribution >= 0.6 is 0 Å². The Morgan fingerprint density at radius 1 is 1.18 bits per heavy atom. The molecule has 0 radical (unpaired) electrons. The zero-order valence-corrected chi connectivity index (χ0v) is 12.8. The third-order valence-corrected chi connectivity index (χ3v) is 3.96. The third kappa shape index (κ3) is 5.02. The normalized spacial score (nSPS) is 18.0. The molecule has 4 heteroatoms. The van der Waals surface area contributed by atoms with Crippen LogP contribution in [0.5, 0.6) is 0 Å². The van der Waals surface area contributed by atoms with Gasteiger partial charge in [0.2, 0.25) is 5.91 Å². The molecule has 0 aliphatic carbocycles. The summed E-state index contributed by atoms with van der Waals surface area (Å²) in [6.45, 7) is 0.807. The van der Waals surface area contributed by atoms with E-state index in [0.29, 0.717) is 19.3 Å². The van der Waals surface area contributed by atoms with Crippen LogP contribution in [0.1, 0.15) is 44.1 Å². The van der Waals surface area contributed by atoms with Crippen molar-refractivity contribution in [2.24, 2.45) is 0 Å². The van der Waals surface area contributed by atoms with E-state index in [0.717, 1.165) is 24.9 Å². The predicted octanol–water partition coefficient (Wildman–Crippen LogP) is 3.34. The van der Waals surface area contributed by atoms with Gasteiger partial charge in [0.25, 0.3) is 0 Å². The number of benzene rings is 1. The predicted molar refractivity (Wildman–Crippen MR) is 86.3 cm³/mol. The maximum atomic E-state index is 12.3. The van der Waals surface area contributed by atoms with Crippen LogP contribution in [0.15, 0.2) is 36.4 Å². The molecule has 1 aliphatic rings. The van der Waals surface area contributed by atoms with Gasteiger partial charge < -0.3 is 10.0 Å². The summed E-state index contributed by atoms with van der Waals surface area (Å²) in [6, 6.07) is 10.2. The van der Waals surface area contributed by atoms with Crippen LogP contribution < -0.4 is 0 Å². The van der Waals surface area contributed by atoms with Crippen LogP contribution in [0.3, 0.4) is 0 Å². The van der Waals surface area contributed by atoms with Crippen molar-refractivity contribution < 1.29 is 14.7 Å². The maximum Gasteiger partial charge on any atom is 0.303 e. The number of carbonyl (C=O) groups excluding carboxylic acids is 1. The van der Waals surface area contributed by atoms with Gasteiger partial charge in [0.15, 0.2) is 0 Å². The van der Waals surface area contributed by atoms with Crippen LogP contribution in [-0.2, 0) is 9.59 Å². The average Bonchev–Trinajstić information content (AvgIpc) is 2.99. The van der Waals surface area contributed by atoms with Gasteiger partial charge in [-0.1, -0.05) is 42.5 Å². The summed E-state index contributed by atoms with van der Waals surface area (Å²) in [5.74, 6) is -0.650. The molecule has 1 aromatic rings. The highest BCUT2D eigenvalue weighted by atomic mass is 16.4. The van der Waals surface area contributed by atoms with Gasteiger partial charge in [0, 0.05) is 19.4 Å². The number of rotatable bonds is 7. The van der Waals surface area contributed by atoms with Crippen molar-refractivity contribution in [3.05, 3.63) is 42.0 Å². The van der Waals surface area contributed by atoms with Crippen molar-refractivity contribution >= 4 is 18.0 Å². The molecule has 1 N–H and O–H groups in total. The van der Waals surface area contributed by atoms with Gasteiger partial charge in [0.1, 0.15) is 0 Å². The Balaban J connectivity index is 1.83. The van der Waals surface area contributed by atoms with Crippen molar-refractivity contribution in [1.29, 1.82) is 0 Å². The number of aliphatic carboxylic acids is 1. The molecule has 0 saturated carbocycles. The molecule has 1 aromatic carbocycles. The quantitative estimate of drug-likeness (QED) is 0.786. The van der Waals surface area contributed by atoms with E-state index in [-0.39, 0.29) is 18.4 Å². The highest BCUT2D eigenvalue weighted by Crippen LogP contribution is 2.21. The molecule has 1 amide bonds. The Morgan fingerprint density at radius 3 is 2.64 bits per heavy atom. The van der Waals surface area contributed by atoms with Gasteiger partial charge in [-0.05, 0) is 31.2 Å². The van der Waals surface area contributed by atoms with Crippen LogP contribution in [0.2, 0.25) is 0 Å². The first-order valence-corrected chi connectivity index (χ1v) is 7.91. The second-order valence-corrected chi connectivity index (χ2v) is 5.67. The zero-order valence-electron chi connectivity index (χ0n) is 12.8. The van der Waals surface area contributed by atoms with Gasteiger partial charge in [-0.2, -0.15) is 0 Å². The van der Waals surface area contributed by atoms with Crippen LogP contribution in [0.25, 0.3) is 6.08 Å². The summed E-state index contributed by atoms with van der Waals surface area (Å²) in [5, 5.41) is 8.61. The first-order valence-electron chi connectivity index (χ1n) is 7.91. The fourth-order valence-corrected chi connectivity index (χ4v) is 2.78. The average molecular weight is 301 g/mol. The van der Waals surface area contributed by atoms with Gasteiger partial charge in [-0.25, -0.2) is 0 Å². The fourth-order valence-electron chi connectivity index (χ4n) is 2.78. The molecule has 1 unspecified atom stereocenters. The van der Waals surface area contributed by atoms with Gasteiger partial charge in [-0.15, -0.1) is 0 Å². The lowest BCUT2D eigenvalue weighted by atomic mass is 10.1. The Morgan fingerprint density at radius 2 is 1.91 bits per heavy atom. The summed E-state index contributed by atoms with van der Waals surface area (Å²) in [5.41, 5.74) is 1.14. The largest absolute Gasteiger partial charge is 0.481 e. The standard InChI is InChI=1S/C18H23NO3/c20-17(10-4-5-11-18(21)22)19-14-6-9-16(19)13-12-15-7-2-1-3-8-15/h1-3,7-8,12-13,16H,4-6,9-11,14H2,(H,21,22)/b13-12+. The van der Waals surface area contributed by atoms with Crippen LogP contribution in [0.4, 0.5) is 0 Å². The summed E-state index contributed by atoms with van der Waals surface area (Å²) < 4.78 is 0. The molecule has 1 fully saturated rings. The van der Waals surface area contributed by atoms with E-state index in [4.69, 9.17) is 5.11 Å². The minimum atomic E-state index is -0.794. The molecular weight excluding hydrogens is 278 g/mol. The molecule has 1 atom stereocenters. The summed E-state index contributed by atoms with van der Waals surface area (Å²) >= 11 is 0. The number of carboxylic acids is 1. The topological polar surface area (TPSA) is 57.6 Å². The number of amides is 1. The van der Waals surface area contributed by atoms with Crippen molar-refractivity contribution in [3.8, 4) is 0 Å². The van der Waals surface area contributed by atoms with Gasteiger partial charge in [-0.3, -0.25) is 9.59 Å². The zero-order chi connectivity index (χ0) is 15.8.